The third-order valence-corrected chi connectivity index (χ3v) is 2.99. The van der Waals surface area contributed by atoms with Crippen LogP contribution in [0.5, 0.6) is 0 Å². The molecule has 5 nitrogen and oxygen atoms in total. The van der Waals surface area contributed by atoms with Crippen molar-refractivity contribution in [2.24, 2.45) is 0 Å². The van der Waals surface area contributed by atoms with Crippen molar-refractivity contribution < 1.29 is 18.0 Å². The zero-order chi connectivity index (χ0) is 16.4. The number of hydrogen-bond acceptors (Lipinski definition) is 3. The van der Waals surface area contributed by atoms with E-state index in [0.717, 1.165) is 24.3 Å². The van der Waals surface area contributed by atoms with Crippen molar-refractivity contribution in [2.45, 2.75) is 13.0 Å². The minimum absolute atomic E-state index is 0.0702. The minimum Gasteiger partial charge on any atom is -0.294 e. The number of carbonyl (C=O) groups excluding carboxylic acids is 1. The number of nitrogens with zero attached hydrogens (tertiary/aromatic N) is 2. The number of benzene rings is 1. The fraction of sp³-hybridized carbons (Fsp3) is 0.154. The fourth-order valence-electron chi connectivity index (χ4n) is 1.83. The summed E-state index contributed by atoms with van der Waals surface area (Å²) >= 11 is 5.24. The van der Waals surface area contributed by atoms with Gasteiger partial charge in [-0.3, -0.25) is 14.2 Å². The molecule has 2 rings (SSSR count). The average molecular weight is 333 g/mol. The van der Waals surface area contributed by atoms with Gasteiger partial charge in [0.15, 0.2) is 0 Å². The molecule has 0 aliphatic rings. The Balaban J connectivity index is 2.78. The number of aromatic nitrogens is 2. The summed E-state index contributed by atoms with van der Waals surface area (Å²) in [6.45, 7) is -1.02. The number of rotatable bonds is 4. The van der Waals surface area contributed by atoms with E-state index in [-0.39, 0.29) is 5.69 Å². The molecule has 0 radical (unpaired) electrons. The largest absolute Gasteiger partial charge is 0.335 e. The predicted octanol–water partition coefficient (Wildman–Crippen LogP) is 1.78. The monoisotopic (exact) mass is 332 g/mol. The molecule has 1 aromatic heterocycles. The fourth-order valence-corrected chi connectivity index (χ4v) is 1.96. The maximum atomic E-state index is 12.9. The van der Waals surface area contributed by atoms with Crippen molar-refractivity contribution in [3.63, 3.8) is 0 Å². The van der Waals surface area contributed by atoms with Gasteiger partial charge < -0.3 is 0 Å². The Morgan fingerprint density at radius 1 is 1.18 bits per heavy atom. The SMILES string of the molecule is O=C(Cl)c1cn(CC(F)F)c(=O)n(-c2ccc(F)cc2)c1=O. The molecule has 22 heavy (non-hydrogen) atoms. The van der Waals surface area contributed by atoms with E-state index in [4.69, 9.17) is 11.6 Å². The van der Waals surface area contributed by atoms with Crippen molar-refractivity contribution in [2.75, 3.05) is 0 Å². The van der Waals surface area contributed by atoms with Crippen LogP contribution in [0, 0.1) is 5.82 Å². The van der Waals surface area contributed by atoms with Gasteiger partial charge in [0.05, 0.1) is 12.2 Å². The lowest BCUT2D eigenvalue weighted by Crippen LogP contribution is -2.41. The smallest absolute Gasteiger partial charge is 0.294 e. The number of carbonyl (C=O) groups is 1. The molecule has 0 atom stereocenters. The molecule has 9 heteroatoms. The van der Waals surface area contributed by atoms with Gasteiger partial charge in [0.1, 0.15) is 11.4 Å². The van der Waals surface area contributed by atoms with Gasteiger partial charge in [0, 0.05) is 6.20 Å². The molecule has 0 aliphatic carbocycles. The highest BCUT2D eigenvalue weighted by atomic mass is 35.5. The van der Waals surface area contributed by atoms with Crippen molar-refractivity contribution in [3.8, 4) is 5.69 Å². The van der Waals surface area contributed by atoms with Crippen LogP contribution in [-0.2, 0) is 6.54 Å². The molecule has 0 amide bonds. The summed E-state index contributed by atoms with van der Waals surface area (Å²) in [5.74, 6) is -0.616. The van der Waals surface area contributed by atoms with Crippen LogP contribution in [0.2, 0.25) is 0 Å². The Morgan fingerprint density at radius 2 is 1.77 bits per heavy atom. The molecule has 0 saturated carbocycles. The maximum Gasteiger partial charge on any atom is 0.335 e. The van der Waals surface area contributed by atoms with Gasteiger partial charge in [0.2, 0.25) is 0 Å². The molecule has 1 aromatic carbocycles. The standard InChI is InChI=1S/C13H8ClF3N2O3/c14-11(20)9-5-18(6-10(16)17)13(22)19(12(9)21)8-3-1-7(15)2-4-8/h1-5,10H,6H2. The summed E-state index contributed by atoms with van der Waals surface area (Å²) in [4.78, 5) is 35.5. The second-order valence-corrected chi connectivity index (χ2v) is 4.60. The van der Waals surface area contributed by atoms with Crippen LogP contribution in [-0.4, -0.2) is 20.8 Å². The summed E-state index contributed by atoms with van der Waals surface area (Å²) in [7, 11) is 0. The van der Waals surface area contributed by atoms with Gasteiger partial charge in [-0.25, -0.2) is 22.5 Å². The molecule has 116 valence electrons. The van der Waals surface area contributed by atoms with Gasteiger partial charge >= 0.3 is 5.69 Å². The van der Waals surface area contributed by atoms with Crippen LogP contribution in [0.3, 0.4) is 0 Å². The lowest BCUT2D eigenvalue weighted by atomic mass is 10.3. The molecule has 0 fully saturated rings. The van der Waals surface area contributed by atoms with Gasteiger partial charge in [-0.15, -0.1) is 0 Å². The predicted molar refractivity (Wildman–Crippen MR) is 72.4 cm³/mol. The number of alkyl halides is 2. The summed E-state index contributed by atoms with van der Waals surface area (Å²) < 4.78 is 38.9. The molecule has 0 saturated heterocycles. The average Bonchev–Trinajstić information content (AvgIpc) is 2.43. The Morgan fingerprint density at radius 3 is 2.27 bits per heavy atom. The number of halogens is 4. The van der Waals surface area contributed by atoms with Crippen molar-refractivity contribution in [1.29, 1.82) is 0 Å². The van der Waals surface area contributed by atoms with Crippen LogP contribution >= 0.6 is 11.6 Å². The molecule has 0 unspecified atom stereocenters. The van der Waals surface area contributed by atoms with E-state index in [1.54, 1.807) is 0 Å². The van der Waals surface area contributed by atoms with E-state index < -0.39 is 40.8 Å². The van der Waals surface area contributed by atoms with Crippen molar-refractivity contribution >= 4 is 16.8 Å². The Kier molecular flexibility index (Phi) is 4.51. The van der Waals surface area contributed by atoms with E-state index in [1.807, 2.05) is 0 Å². The highest BCUT2D eigenvalue weighted by molar-refractivity contribution is 6.67. The molecule has 0 N–H and O–H groups in total. The first-order chi connectivity index (χ1) is 10.3. The van der Waals surface area contributed by atoms with E-state index in [0.29, 0.717) is 15.3 Å². The first-order valence-corrected chi connectivity index (χ1v) is 6.29. The Labute approximate surface area is 126 Å². The Hall–Kier alpha value is -2.35. The molecular formula is C13H8ClF3N2O3. The summed E-state index contributed by atoms with van der Waals surface area (Å²) in [6, 6.07) is 4.17. The normalized spacial score (nSPS) is 11.0. The molecule has 0 spiro atoms. The quantitative estimate of drug-likeness (QED) is 0.802. The highest BCUT2D eigenvalue weighted by Gasteiger charge is 2.18. The van der Waals surface area contributed by atoms with Crippen LogP contribution in [0.1, 0.15) is 10.4 Å². The lowest BCUT2D eigenvalue weighted by molar-refractivity contribution is 0.107. The van der Waals surface area contributed by atoms with Crippen molar-refractivity contribution in [1.82, 2.24) is 9.13 Å². The third kappa shape index (κ3) is 3.11. The second kappa shape index (κ2) is 6.18. The zero-order valence-electron chi connectivity index (χ0n) is 10.8. The van der Waals surface area contributed by atoms with Crippen LogP contribution in [0.4, 0.5) is 13.2 Å². The van der Waals surface area contributed by atoms with E-state index in [2.05, 4.69) is 0 Å². The Bertz CT molecular complexity index is 828. The highest BCUT2D eigenvalue weighted by Crippen LogP contribution is 2.07. The van der Waals surface area contributed by atoms with E-state index in [9.17, 15) is 27.6 Å². The number of hydrogen-bond donors (Lipinski definition) is 0. The van der Waals surface area contributed by atoms with Crippen LogP contribution < -0.4 is 11.2 Å². The summed E-state index contributed by atoms with van der Waals surface area (Å²) in [6.07, 6.45) is -2.19. The minimum atomic E-state index is -2.88. The van der Waals surface area contributed by atoms with E-state index >= 15 is 0 Å². The first kappa shape index (κ1) is 16.0. The second-order valence-electron chi connectivity index (χ2n) is 4.26. The summed E-state index contributed by atoms with van der Waals surface area (Å²) in [5, 5.41) is -1.19. The molecule has 1 heterocycles. The molecule has 2 aromatic rings. The molecule has 0 bridgehead atoms. The van der Waals surface area contributed by atoms with E-state index in [1.165, 1.54) is 0 Å². The van der Waals surface area contributed by atoms with Gasteiger partial charge in [-0.05, 0) is 35.9 Å². The van der Waals surface area contributed by atoms with Gasteiger partial charge in [-0.1, -0.05) is 0 Å². The van der Waals surface area contributed by atoms with Crippen molar-refractivity contribution in [3.05, 3.63) is 62.7 Å². The van der Waals surface area contributed by atoms with Gasteiger partial charge in [0.25, 0.3) is 17.2 Å². The maximum absolute atomic E-state index is 12.9. The van der Waals surface area contributed by atoms with Crippen LogP contribution in [0.15, 0.2) is 40.1 Å². The molecular weight excluding hydrogens is 325 g/mol. The third-order valence-electron chi connectivity index (χ3n) is 2.79. The van der Waals surface area contributed by atoms with Crippen LogP contribution in [0.25, 0.3) is 5.69 Å². The topological polar surface area (TPSA) is 61.1 Å². The molecule has 0 aliphatic heterocycles. The van der Waals surface area contributed by atoms with Gasteiger partial charge in [-0.2, -0.15) is 0 Å². The zero-order valence-corrected chi connectivity index (χ0v) is 11.6. The lowest BCUT2D eigenvalue weighted by Gasteiger charge is -2.11. The summed E-state index contributed by atoms with van der Waals surface area (Å²) in [5.41, 5.74) is -2.86. The first-order valence-electron chi connectivity index (χ1n) is 5.91.